The molecule has 2 N–H and O–H groups in total. The minimum atomic E-state index is -0.256. The van der Waals surface area contributed by atoms with Gasteiger partial charge in [0, 0.05) is 12.1 Å². The van der Waals surface area contributed by atoms with Gasteiger partial charge in [0.1, 0.15) is 5.75 Å². The van der Waals surface area contributed by atoms with Crippen LogP contribution >= 0.6 is 12.2 Å². The van der Waals surface area contributed by atoms with Gasteiger partial charge in [-0.05, 0) is 49.8 Å². The Balaban J connectivity index is 2.51. The molecule has 0 fully saturated rings. The summed E-state index contributed by atoms with van der Waals surface area (Å²) in [5.41, 5.74) is 0.915. The number of carbonyl (C=O) groups excluding carboxylic acids is 1. The number of benzene rings is 1. The average Bonchev–Trinajstić information content (AvgIpc) is 2.36. The Labute approximate surface area is 118 Å². The third-order valence-electron chi connectivity index (χ3n) is 2.20. The lowest BCUT2D eigenvalue weighted by Gasteiger charge is -2.10. The van der Waals surface area contributed by atoms with Gasteiger partial charge in [0.05, 0.1) is 7.11 Å². The second kappa shape index (κ2) is 7.53. The van der Waals surface area contributed by atoms with E-state index in [2.05, 4.69) is 10.6 Å². The van der Waals surface area contributed by atoms with Crippen LogP contribution in [0, 0.1) is 0 Å². The van der Waals surface area contributed by atoms with Gasteiger partial charge in [0.15, 0.2) is 5.11 Å². The predicted molar refractivity (Wildman–Crippen MR) is 81.0 cm³/mol. The molecular weight excluding hydrogens is 260 g/mol. The van der Waals surface area contributed by atoms with E-state index in [1.54, 1.807) is 13.2 Å². The first-order chi connectivity index (χ1) is 9.01. The van der Waals surface area contributed by atoms with E-state index in [9.17, 15) is 4.79 Å². The fraction of sp³-hybridized carbons (Fsp3) is 0.286. The first-order valence-electron chi connectivity index (χ1n) is 5.95. The average molecular weight is 278 g/mol. The molecule has 1 aromatic carbocycles. The molecule has 0 bridgehead atoms. The molecule has 4 nitrogen and oxygen atoms in total. The zero-order chi connectivity index (χ0) is 14.3. The number of ether oxygens (including phenoxy) is 1. The Morgan fingerprint density at radius 2 is 1.95 bits per heavy atom. The highest BCUT2D eigenvalue weighted by molar-refractivity contribution is 7.80. The van der Waals surface area contributed by atoms with Crippen LogP contribution in [0.4, 0.5) is 0 Å². The van der Waals surface area contributed by atoms with E-state index < -0.39 is 0 Å². The van der Waals surface area contributed by atoms with E-state index in [0.717, 1.165) is 11.3 Å². The van der Waals surface area contributed by atoms with Crippen molar-refractivity contribution in [3.8, 4) is 5.75 Å². The Kier molecular flexibility index (Phi) is 6.02. The van der Waals surface area contributed by atoms with Crippen molar-refractivity contribution in [2.45, 2.75) is 19.9 Å². The molecule has 0 radical (unpaired) electrons. The minimum absolute atomic E-state index is 0.193. The van der Waals surface area contributed by atoms with Crippen molar-refractivity contribution in [3.05, 3.63) is 35.9 Å². The molecule has 0 saturated heterocycles. The van der Waals surface area contributed by atoms with Crippen molar-refractivity contribution < 1.29 is 9.53 Å². The number of amides is 1. The molecule has 0 aromatic heterocycles. The fourth-order valence-corrected chi connectivity index (χ4v) is 1.68. The van der Waals surface area contributed by atoms with E-state index in [0.29, 0.717) is 5.11 Å². The smallest absolute Gasteiger partial charge is 0.250 e. The van der Waals surface area contributed by atoms with Gasteiger partial charge in [-0.15, -0.1) is 0 Å². The van der Waals surface area contributed by atoms with E-state index >= 15 is 0 Å². The molecule has 0 heterocycles. The molecule has 19 heavy (non-hydrogen) atoms. The highest BCUT2D eigenvalue weighted by Crippen LogP contribution is 2.12. The minimum Gasteiger partial charge on any atom is -0.497 e. The predicted octanol–water partition coefficient (Wildman–Crippen LogP) is 2.11. The van der Waals surface area contributed by atoms with Crippen LogP contribution in [-0.4, -0.2) is 24.2 Å². The van der Waals surface area contributed by atoms with E-state index in [1.807, 2.05) is 38.1 Å². The van der Waals surface area contributed by atoms with Gasteiger partial charge in [-0.25, -0.2) is 0 Å². The molecule has 0 unspecified atom stereocenters. The second-order valence-corrected chi connectivity index (χ2v) is 4.63. The second-order valence-electron chi connectivity index (χ2n) is 4.22. The zero-order valence-electron chi connectivity index (χ0n) is 11.3. The number of hydrogen-bond acceptors (Lipinski definition) is 3. The monoisotopic (exact) mass is 278 g/mol. The summed E-state index contributed by atoms with van der Waals surface area (Å²) in [5.74, 6) is 0.526. The van der Waals surface area contributed by atoms with E-state index in [4.69, 9.17) is 17.0 Å². The topological polar surface area (TPSA) is 50.4 Å². The van der Waals surface area contributed by atoms with Gasteiger partial charge < -0.3 is 10.1 Å². The van der Waals surface area contributed by atoms with Crippen LogP contribution in [-0.2, 0) is 4.79 Å². The van der Waals surface area contributed by atoms with Gasteiger partial charge in [-0.3, -0.25) is 10.1 Å². The number of thiocarbonyl (C=S) groups is 1. The number of hydrogen-bond donors (Lipinski definition) is 2. The summed E-state index contributed by atoms with van der Waals surface area (Å²) in [6, 6.07) is 7.60. The standard InChI is InChI=1S/C14H18N2O2S/c1-10(2)15-14(19)16-13(17)9-6-11-4-7-12(18-3)8-5-11/h4-10H,1-3H3,(H2,15,16,17,19). The van der Waals surface area contributed by atoms with Crippen LogP contribution in [0.3, 0.4) is 0 Å². The van der Waals surface area contributed by atoms with Crippen LogP contribution in [0.2, 0.25) is 0 Å². The number of carbonyl (C=O) groups is 1. The summed E-state index contributed by atoms with van der Waals surface area (Å²) in [4.78, 5) is 11.6. The molecule has 0 aliphatic heterocycles. The zero-order valence-corrected chi connectivity index (χ0v) is 12.1. The Morgan fingerprint density at radius 3 is 2.47 bits per heavy atom. The lowest BCUT2D eigenvalue weighted by atomic mass is 10.2. The van der Waals surface area contributed by atoms with Gasteiger partial charge in [0.25, 0.3) is 0 Å². The van der Waals surface area contributed by atoms with Crippen molar-refractivity contribution in [3.63, 3.8) is 0 Å². The van der Waals surface area contributed by atoms with Crippen molar-refractivity contribution in [1.29, 1.82) is 0 Å². The molecule has 1 aromatic rings. The Hall–Kier alpha value is -1.88. The van der Waals surface area contributed by atoms with Crippen LogP contribution in [0.25, 0.3) is 6.08 Å². The first-order valence-corrected chi connectivity index (χ1v) is 6.35. The van der Waals surface area contributed by atoms with E-state index in [-0.39, 0.29) is 11.9 Å². The maximum Gasteiger partial charge on any atom is 0.250 e. The van der Waals surface area contributed by atoms with Crippen molar-refractivity contribution in [2.24, 2.45) is 0 Å². The van der Waals surface area contributed by atoms with Gasteiger partial charge >= 0.3 is 0 Å². The summed E-state index contributed by atoms with van der Waals surface area (Å²) < 4.78 is 5.06. The van der Waals surface area contributed by atoms with Crippen LogP contribution in [0.5, 0.6) is 5.75 Å². The number of methoxy groups -OCH3 is 1. The molecule has 1 amide bonds. The van der Waals surface area contributed by atoms with Gasteiger partial charge in [-0.2, -0.15) is 0 Å². The molecule has 1 rings (SSSR count). The van der Waals surface area contributed by atoms with Gasteiger partial charge in [-0.1, -0.05) is 12.1 Å². The molecule has 0 spiro atoms. The molecule has 0 aliphatic carbocycles. The van der Waals surface area contributed by atoms with Crippen LogP contribution in [0.1, 0.15) is 19.4 Å². The molecule has 5 heteroatoms. The maximum absolute atomic E-state index is 11.6. The third-order valence-corrected chi connectivity index (χ3v) is 2.42. The summed E-state index contributed by atoms with van der Waals surface area (Å²) in [6.07, 6.45) is 3.16. The maximum atomic E-state index is 11.6. The van der Waals surface area contributed by atoms with E-state index in [1.165, 1.54) is 6.08 Å². The Morgan fingerprint density at radius 1 is 1.32 bits per heavy atom. The summed E-state index contributed by atoms with van der Waals surface area (Å²) in [6.45, 7) is 3.90. The molecule has 0 saturated carbocycles. The number of nitrogens with one attached hydrogen (secondary N) is 2. The summed E-state index contributed by atoms with van der Waals surface area (Å²) in [5, 5.41) is 5.84. The molecular formula is C14H18N2O2S. The largest absolute Gasteiger partial charge is 0.497 e. The SMILES string of the molecule is COc1ccc(C=CC(=O)NC(=S)NC(C)C)cc1. The Bertz CT molecular complexity index is 467. The lowest BCUT2D eigenvalue weighted by Crippen LogP contribution is -2.41. The lowest BCUT2D eigenvalue weighted by molar-refractivity contribution is -0.115. The van der Waals surface area contributed by atoms with Crippen molar-refractivity contribution >= 4 is 29.3 Å². The summed E-state index contributed by atoms with van der Waals surface area (Å²) >= 11 is 4.98. The molecule has 0 atom stereocenters. The highest BCUT2D eigenvalue weighted by Gasteiger charge is 2.01. The number of rotatable bonds is 4. The molecule has 102 valence electrons. The summed E-state index contributed by atoms with van der Waals surface area (Å²) in [7, 11) is 1.61. The van der Waals surface area contributed by atoms with Gasteiger partial charge in [0.2, 0.25) is 5.91 Å². The normalized spacial score (nSPS) is 10.5. The van der Waals surface area contributed by atoms with Crippen molar-refractivity contribution in [1.82, 2.24) is 10.6 Å². The van der Waals surface area contributed by atoms with Crippen molar-refractivity contribution in [2.75, 3.05) is 7.11 Å². The quantitative estimate of drug-likeness (QED) is 0.654. The molecule has 0 aliphatic rings. The third kappa shape index (κ3) is 6.01. The highest BCUT2D eigenvalue weighted by atomic mass is 32.1. The van der Waals surface area contributed by atoms with Crippen LogP contribution in [0.15, 0.2) is 30.3 Å². The first kappa shape index (κ1) is 15.2. The van der Waals surface area contributed by atoms with Crippen LogP contribution < -0.4 is 15.4 Å². The fourth-order valence-electron chi connectivity index (χ4n) is 1.34.